The zero-order chi connectivity index (χ0) is 7.98. The molecule has 0 aliphatic rings. The van der Waals surface area contributed by atoms with Crippen molar-refractivity contribution in [2.45, 2.75) is 6.92 Å². The Labute approximate surface area is 59.1 Å². The molecule has 0 fully saturated rings. The molecule has 0 amide bonds. The summed E-state index contributed by atoms with van der Waals surface area (Å²) in [5, 5.41) is 17.4. The minimum atomic E-state index is -0.908. The number of aliphatic carboxylic acids is 1. The fraction of sp³-hybridized carbons (Fsp3) is 0.333. The molecule has 56 valence electrons. The Morgan fingerprint density at radius 1 is 1.80 bits per heavy atom. The predicted molar refractivity (Wildman–Crippen MR) is 38.2 cm³/mol. The maximum absolute atomic E-state index is 9.92. The van der Waals surface area contributed by atoms with Crippen LogP contribution in [0.5, 0.6) is 0 Å². The van der Waals surface area contributed by atoms with Crippen molar-refractivity contribution in [2.24, 2.45) is 0 Å². The maximum atomic E-state index is 9.92. The van der Waals surface area contributed by atoms with E-state index >= 15 is 0 Å². The highest BCUT2D eigenvalue weighted by Crippen LogP contribution is 1.80. The molecule has 10 heavy (non-hydrogen) atoms. The highest BCUT2D eigenvalue weighted by Gasteiger charge is 1.89. The van der Waals surface area contributed by atoms with Crippen molar-refractivity contribution in [3.8, 4) is 0 Å². The van der Waals surface area contributed by atoms with Crippen LogP contribution in [0, 0.1) is 5.41 Å². The van der Waals surface area contributed by atoms with Crippen LogP contribution in [0.15, 0.2) is 11.8 Å². The van der Waals surface area contributed by atoms with E-state index in [4.69, 9.17) is 10.5 Å². The molecule has 0 aromatic heterocycles. The van der Waals surface area contributed by atoms with E-state index in [2.05, 4.69) is 5.32 Å². The molecule has 0 bridgehead atoms. The third-order valence-electron chi connectivity index (χ3n) is 0.811. The quantitative estimate of drug-likeness (QED) is 0.491. The summed E-state index contributed by atoms with van der Waals surface area (Å²) in [6, 6.07) is 0. The Bertz CT molecular complexity index is 163. The van der Waals surface area contributed by atoms with E-state index in [9.17, 15) is 4.79 Å². The normalized spacial score (nSPS) is 10.7. The fourth-order valence-electron chi connectivity index (χ4n) is 0.341. The van der Waals surface area contributed by atoms with Gasteiger partial charge in [-0.2, -0.15) is 0 Å². The van der Waals surface area contributed by atoms with E-state index in [1.807, 2.05) is 0 Å². The summed E-state index contributed by atoms with van der Waals surface area (Å²) in [5.41, 5.74) is 0.696. The van der Waals surface area contributed by atoms with Gasteiger partial charge < -0.3 is 15.8 Å². The van der Waals surface area contributed by atoms with Crippen molar-refractivity contribution < 1.29 is 9.90 Å². The van der Waals surface area contributed by atoms with Crippen LogP contribution in [0.25, 0.3) is 0 Å². The number of nitrogens with one attached hydrogen (secondary N) is 2. The zero-order valence-corrected chi connectivity index (χ0v) is 5.72. The van der Waals surface area contributed by atoms with Gasteiger partial charge >= 0.3 is 5.97 Å². The van der Waals surface area contributed by atoms with Gasteiger partial charge in [-0.25, -0.2) is 0 Å². The lowest BCUT2D eigenvalue weighted by molar-refractivity contribution is -0.135. The van der Waals surface area contributed by atoms with Crippen molar-refractivity contribution in [3.05, 3.63) is 11.8 Å². The van der Waals surface area contributed by atoms with Gasteiger partial charge in [0.25, 0.3) is 0 Å². The molecule has 0 aromatic rings. The summed E-state index contributed by atoms with van der Waals surface area (Å²) in [4.78, 5) is 9.92. The van der Waals surface area contributed by atoms with Crippen LogP contribution in [0.2, 0.25) is 0 Å². The first-order chi connectivity index (χ1) is 4.66. The van der Waals surface area contributed by atoms with Crippen molar-refractivity contribution in [3.63, 3.8) is 0 Å². The lowest BCUT2D eigenvalue weighted by atomic mass is 10.4. The van der Waals surface area contributed by atoms with Crippen LogP contribution in [-0.4, -0.2) is 23.8 Å². The van der Waals surface area contributed by atoms with Crippen LogP contribution in [-0.2, 0) is 4.79 Å². The molecule has 0 atom stereocenters. The first-order valence-electron chi connectivity index (χ1n) is 2.79. The third-order valence-corrected chi connectivity index (χ3v) is 0.811. The Hall–Kier alpha value is -1.32. The molecule has 0 saturated heterocycles. The van der Waals surface area contributed by atoms with E-state index < -0.39 is 5.97 Å². The number of carbonyl (C=O) groups is 1. The van der Waals surface area contributed by atoms with Gasteiger partial charge in [-0.15, -0.1) is 0 Å². The van der Waals surface area contributed by atoms with Gasteiger partial charge in [0.2, 0.25) is 0 Å². The van der Waals surface area contributed by atoms with E-state index in [0.717, 1.165) is 6.21 Å². The molecule has 0 spiro atoms. The molecule has 0 aliphatic carbocycles. The molecule has 0 radical (unpaired) electrons. The molecular formula is C6H10N2O2. The largest absolute Gasteiger partial charge is 0.480 e. The van der Waals surface area contributed by atoms with Gasteiger partial charge in [-0.3, -0.25) is 4.79 Å². The van der Waals surface area contributed by atoms with Gasteiger partial charge in [0.05, 0.1) is 0 Å². The van der Waals surface area contributed by atoms with Crippen molar-refractivity contribution in [1.29, 1.82) is 5.41 Å². The Morgan fingerprint density at radius 3 is 2.80 bits per heavy atom. The first-order valence-corrected chi connectivity index (χ1v) is 2.79. The highest BCUT2D eigenvalue weighted by atomic mass is 16.4. The minimum absolute atomic E-state index is 0.106. The summed E-state index contributed by atoms with van der Waals surface area (Å²) in [5.74, 6) is -0.908. The number of hydrogen-bond acceptors (Lipinski definition) is 3. The summed E-state index contributed by atoms with van der Waals surface area (Å²) >= 11 is 0. The standard InChI is InChI=1S/C6H10N2O2/c1-5(2-7)3-8-4-6(9)10/h2-3,7-8H,4H2,1H3,(H,9,10)/b5-3-,7-2?. The van der Waals surface area contributed by atoms with Gasteiger partial charge in [0, 0.05) is 12.4 Å². The molecule has 0 aliphatic heterocycles. The minimum Gasteiger partial charge on any atom is -0.480 e. The van der Waals surface area contributed by atoms with E-state index in [1.54, 1.807) is 6.92 Å². The number of rotatable bonds is 4. The van der Waals surface area contributed by atoms with E-state index in [-0.39, 0.29) is 6.54 Å². The van der Waals surface area contributed by atoms with Crippen molar-refractivity contribution in [1.82, 2.24) is 5.32 Å². The average molecular weight is 142 g/mol. The van der Waals surface area contributed by atoms with Crippen LogP contribution in [0.4, 0.5) is 0 Å². The van der Waals surface area contributed by atoms with E-state index in [1.165, 1.54) is 6.20 Å². The average Bonchev–Trinajstić information content (AvgIpc) is 1.87. The smallest absolute Gasteiger partial charge is 0.322 e. The lowest BCUT2D eigenvalue weighted by Crippen LogP contribution is -2.17. The van der Waals surface area contributed by atoms with Gasteiger partial charge in [0.15, 0.2) is 0 Å². The second-order valence-corrected chi connectivity index (χ2v) is 1.81. The van der Waals surface area contributed by atoms with Crippen LogP contribution in [0.1, 0.15) is 6.92 Å². The van der Waals surface area contributed by atoms with Gasteiger partial charge in [-0.1, -0.05) is 0 Å². The Morgan fingerprint density at radius 2 is 2.40 bits per heavy atom. The fourth-order valence-corrected chi connectivity index (χ4v) is 0.341. The first kappa shape index (κ1) is 8.68. The SMILES string of the molecule is C/C(C=N)=C/NCC(=O)O. The lowest BCUT2D eigenvalue weighted by Gasteiger charge is -1.94. The predicted octanol–water partition coefficient (Wildman–Crippen LogP) is 0.214. The van der Waals surface area contributed by atoms with Crippen LogP contribution in [0.3, 0.4) is 0 Å². The van der Waals surface area contributed by atoms with E-state index in [0.29, 0.717) is 5.57 Å². The summed E-state index contributed by atoms with van der Waals surface area (Å²) < 4.78 is 0. The molecule has 4 heteroatoms. The molecule has 3 N–H and O–H groups in total. The Balaban J connectivity index is 3.52. The highest BCUT2D eigenvalue weighted by molar-refractivity contribution is 5.75. The second kappa shape index (κ2) is 4.55. The van der Waals surface area contributed by atoms with Gasteiger partial charge in [-0.05, 0) is 12.5 Å². The topological polar surface area (TPSA) is 73.2 Å². The van der Waals surface area contributed by atoms with Crippen LogP contribution < -0.4 is 5.32 Å². The van der Waals surface area contributed by atoms with Gasteiger partial charge in [0.1, 0.15) is 6.54 Å². The molecule has 0 unspecified atom stereocenters. The zero-order valence-electron chi connectivity index (χ0n) is 5.72. The van der Waals surface area contributed by atoms with Crippen LogP contribution >= 0.6 is 0 Å². The summed E-state index contributed by atoms with van der Waals surface area (Å²) in [7, 11) is 0. The molecule has 0 heterocycles. The molecule has 0 rings (SSSR count). The number of hydrogen-bond donors (Lipinski definition) is 3. The second-order valence-electron chi connectivity index (χ2n) is 1.81. The molecule has 4 nitrogen and oxygen atoms in total. The number of allylic oxidation sites excluding steroid dienone is 1. The monoisotopic (exact) mass is 142 g/mol. The number of carboxylic acid groups (broad SMARTS) is 1. The molecule has 0 aromatic carbocycles. The van der Waals surface area contributed by atoms with Crippen molar-refractivity contribution in [2.75, 3.05) is 6.54 Å². The summed E-state index contributed by atoms with van der Waals surface area (Å²) in [6.07, 6.45) is 2.63. The number of carboxylic acids is 1. The Kier molecular flexibility index (Phi) is 3.95. The molecular weight excluding hydrogens is 132 g/mol. The molecule has 0 saturated carbocycles. The van der Waals surface area contributed by atoms with Crippen molar-refractivity contribution >= 4 is 12.2 Å². The summed E-state index contributed by atoms with van der Waals surface area (Å²) in [6.45, 7) is 1.60. The maximum Gasteiger partial charge on any atom is 0.322 e. The third kappa shape index (κ3) is 4.83.